The molecule has 62 heavy (non-hydrogen) atoms. The van der Waals surface area contributed by atoms with E-state index in [1.165, 1.54) is 79.8 Å². The monoisotopic (exact) mass is 1010 g/mol. The van der Waals surface area contributed by atoms with Gasteiger partial charge in [0.15, 0.2) is 0 Å². The lowest BCUT2D eigenvalue weighted by Gasteiger charge is -2.26. The Morgan fingerprint density at radius 2 is 0.952 bits per heavy atom. The van der Waals surface area contributed by atoms with Crippen LogP contribution in [0.5, 0.6) is 11.5 Å². The molecule has 2 heterocycles. The number of hydrogen-bond acceptors (Lipinski definition) is 9. The highest BCUT2D eigenvalue weighted by molar-refractivity contribution is 9.09. The van der Waals surface area contributed by atoms with Gasteiger partial charge in [-0.15, -0.1) is 49.0 Å². The third-order valence-corrected chi connectivity index (χ3v) is 15.9. The fourth-order valence-corrected chi connectivity index (χ4v) is 12.8. The number of benzene rings is 4. The van der Waals surface area contributed by atoms with Gasteiger partial charge >= 0.3 is 12.7 Å². The average molecular weight is 1010 g/mol. The Morgan fingerprint density at radius 1 is 0.565 bits per heavy atom. The molecule has 0 unspecified atom stereocenters. The van der Waals surface area contributed by atoms with Crippen molar-refractivity contribution in [3.63, 3.8) is 0 Å². The highest BCUT2D eigenvalue weighted by Gasteiger charge is 2.32. The SMILES string of the molecule is CCCN(CCC)CCS(=O)(=O)N(Cc1ccc(OC(F)(F)F)cc1)c1cc2ccccc2s1.O=S(=O)(CCBr)N(Cc1ccc(OC(F)(F)F)cc1)c1cc2ccccc2s1. The van der Waals surface area contributed by atoms with E-state index < -0.39 is 32.8 Å². The number of sulfonamides is 2. The van der Waals surface area contributed by atoms with Gasteiger partial charge in [0.1, 0.15) is 21.5 Å². The molecule has 0 spiro atoms. The van der Waals surface area contributed by atoms with Gasteiger partial charge in [0.05, 0.1) is 24.6 Å². The summed E-state index contributed by atoms with van der Waals surface area (Å²) in [6, 6.07) is 29.3. The van der Waals surface area contributed by atoms with Crippen molar-refractivity contribution in [1.82, 2.24) is 4.90 Å². The van der Waals surface area contributed by atoms with Crippen molar-refractivity contribution in [2.75, 3.05) is 45.1 Å². The molecule has 20 heteroatoms. The first kappa shape index (κ1) is 48.9. The van der Waals surface area contributed by atoms with Crippen molar-refractivity contribution in [2.45, 2.75) is 52.5 Å². The van der Waals surface area contributed by atoms with Crippen molar-refractivity contribution in [1.29, 1.82) is 0 Å². The molecule has 0 saturated carbocycles. The van der Waals surface area contributed by atoms with Gasteiger partial charge in [-0.05, 0) is 96.4 Å². The molecule has 0 aliphatic rings. The molecule has 0 aliphatic carbocycles. The van der Waals surface area contributed by atoms with Crippen LogP contribution in [0.1, 0.15) is 37.8 Å². The molecule has 0 saturated heterocycles. The van der Waals surface area contributed by atoms with E-state index in [1.807, 2.05) is 54.6 Å². The normalized spacial score (nSPS) is 12.4. The summed E-state index contributed by atoms with van der Waals surface area (Å²) < 4.78 is 139. The summed E-state index contributed by atoms with van der Waals surface area (Å²) in [4.78, 5) is 2.14. The first-order valence-corrected chi connectivity index (χ1v) is 25.2. The molecule has 6 aromatic rings. The van der Waals surface area contributed by atoms with Crippen LogP contribution in [-0.4, -0.2) is 70.9 Å². The molecule has 9 nitrogen and oxygen atoms in total. The van der Waals surface area contributed by atoms with E-state index in [2.05, 4.69) is 44.2 Å². The smallest absolute Gasteiger partial charge is 0.406 e. The quantitative estimate of drug-likeness (QED) is 0.0589. The molecule has 6 rings (SSSR count). The van der Waals surface area contributed by atoms with Gasteiger partial charge < -0.3 is 14.4 Å². The number of anilines is 2. The van der Waals surface area contributed by atoms with Gasteiger partial charge in [-0.1, -0.05) is 90.4 Å². The van der Waals surface area contributed by atoms with Crippen molar-refractivity contribution in [3.05, 3.63) is 120 Å². The van der Waals surface area contributed by atoms with Crippen LogP contribution in [0.3, 0.4) is 0 Å². The minimum atomic E-state index is -4.78. The van der Waals surface area contributed by atoms with E-state index in [0.29, 0.717) is 27.7 Å². The molecule has 0 aliphatic heterocycles. The summed E-state index contributed by atoms with van der Waals surface area (Å²) >= 11 is 5.88. The highest BCUT2D eigenvalue weighted by atomic mass is 79.9. The summed E-state index contributed by atoms with van der Waals surface area (Å²) in [5, 5.41) is 3.27. The van der Waals surface area contributed by atoms with Crippen LogP contribution in [0.15, 0.2) is 109 Å². The zero-order chi connectivity index (χ0) is 45.1. The number of fused-ring (bicyclic) bond motifs is 2. The summed E-state index contributed by atoms with van der Waals surface area (Å²) in [6.45, 7) is 6.22. The number of ether oxygens (including phenoxy) is 2. The van der Waals surface area contributed by atoms with Crippen LogP contribution < -0.4 is 18.1 Å². The predicted molar refractivity (Wildman–Crippen MR) is 241 cm³/mol. The second-order valence-electron chi connectivity index (χ2n) is 13.8. The van der Waals surface area contributed by atoms with E-state index in [-0.39, 0.29) is 41.4 Å². The molecule has 336 valence electrons. The zero-order valence-corrected chi connectivity index (χ0v) is 38.4. The Balaban J connectivity index is 0.000000238. The molecular formula is C42H44BrF6N3O6S4. The lowest BCUT2D eigenvalue weighted by Crippen LogP contribution is -2.38. The highest BCUT2D eigenvalue weighted by Crippen LogP contribution is 2.37. The van der Waals surface area contributed by atoms with Gasteiger partial charge in [0.25, 0.3) is 0 Å². The van der Waals surface area contributed by atoms with Crippen molar-refractivity contribution < 1.29 is 52.7 Å². The Hall–Kier alpha value is -4.08. The van der Waals surface area contributed by atoms with Crippen LogP contribution >= 0.6 is 38.6 Å². The standard InChI is InChI=1S/C24H29F3N2O3S2.C18H15BrF3NO3S2/c1-3-13-28(14-4-2)15-16-34(30,31)29(23-17-20-7-5-6-8-22(20)33-23)18-19-9-11-21(12-10-19)32-24(25,26)27;19-9-10-28(24,25)23(17-11-14-3-1-2-4-16(14)27-17)12-13-5-7-15(8-6-13)26-18(20,21)22/h5-12,17H,3-4,13-16,18H2,1-2H3;1-8,11H,9-10,12H2. The summed E-state index contributed by atoms with van der Waals surface area (Å²) in [7, 11) is -7.33. The number of nitrogens with zero attached hydrogens (tertiary/aromatic N) is 3. The second kappa shape index (κ2) is 21.5. The predicted octanol–water partition coefficient (Wildman–Crippen LogP) is 11.8. The van der Waals surface area contributed by atoms with E-state index in [4.69, 9.17) is 0 Å². The molecular weight excluding hydrogens is 965 g/mol. The van der Waals surface area contributed by atoms with Crippen LogP contribution in [0, 0.1) is 0 Å². The summed E-state index contributed by atoms with van der Waals surface area (Å²) in [6.07, 6.45) is -7.68. The number of rotatable bonds is 19. The maximum atomic E-state index is 13.5. The minimum Gasteiger partial charge on any atom is -0.406 e. The fraction of sp³-hybridized carbons (Fsp3) is 0.333. The first-order chi connectivity index (χ1) is 29.3. The Bertz CT molecular complexity index is 2500. The lowest BCUT2D eigenvalue weighted by molar-refractivity contribution is -0.275. The van der Waals surface area contributed by atoms with Gasteiger partial charge in [0, 0.05) is 21.3 Å². The Kier molecular flexibility index (Phi) is 17.0. The zero-order valence-electron chi connectivity index (χ0n) is 33.5. The van der Waals surface area contributed by atoms with Gasteiger partial charge in [0.2, 0.25) is 20.0 Å². The number of alkyl halides is 7. The van der Waals surface area contributed by atoms with Gasteiger partial charge in [-0.3, -0.25) is 8.61 Å². The molecule has 0 bridgehead atoms. The molecule has 0 N–H and O–H groups in total. The molecule has 0 fully saturated rings. The molecule has 2 aromatic heterocycles. The van der Waals surface area contributed by atoms with Crippen LogP contribution in [0.4, 0.5) is 36.3 Å². The molecule has 0 radical (unpaired) electrons. The average Bonchev–Trinajstić information content (AvgIpc) is 3.83. The first-order valence-electron chi connectivity index (χ1n) is 19.2. The number of thiophene rings is 2. The Morgan fingerprint density at radius 3 is 1.31 bits per heavy atom. The van der Waals surface area contributed by atoms with Crippen molar-refractivity contribution in [2.24, 2.45) is 0 Å². The van der Waals surface area contributed by atoms with Crippen molar-refractivity contribution >= 4 is 88.8 Å². The summed E-state index contributed by atoms with van der Waals surface area (Å²) in [5.74, 6) is -0.845. The molecule has 0 atom stereocenters. The minimum absolute atomic E-state index is 0.00839. The largest absolute Gasteiger partial charge is 0.573 e. The van der Waals surface area contributed by atoms with Crippen LogP contribution in [0.25, 0.3) is 20.2 Å². The number of halogens is 7. The molecule has 4 aromatic carbocycles. The lowest BCUT2D eigenvalue weighted by atomic mass is 10.2. The third-order valence-electron chi connectivity index (χ3n) is 9.03. The van der Waals surface area contributed by atoms with E-state index >= 15 is 0 Å². The van der Waals surface area contributed by atoms with E-state index in [9.17, 15) is 43.2 Å². The molecule has 0 amide bonds. The maximum Gasteiger partial charge on any atom is 0.573 e. The second-order valence-corrected chi connectivity index (χ2v) is 20.7. The fourth-order valence-electron chi connectivity index (χ4n) is 6.26. The van der Waals surface area contributed by atoms with E-state index in [0.717, 1.165) is 46.1 Å². The maximum absolute atomic E-state index is 13.5. The van der Waals surface area contributed by atoms with Crippen molar-refractivity contribution in [3.8, 4) is 11.5 Å². The van der Waals surface area contributed by atoms with Gasteiger partial charge in [-0.25, -0.2) is 16.8 Å². The third kappa shape index (κ3) is 14.5. The van der Waals surface area contributed by atoms with Crippen LogP contribution in [-0.2, 0) is 33.1 Å². The Labute approximate surface area is 373 Å². The van der Waals surface area contributed by atoms with E-state index in [1.54, 1.807) is 6.07 Å². The summed E-state index contributed by atoms with van der Waals surface area (Å²) in [5.41, 5.74) is 1.11. The number of hydrogen-bond donors (Lipinski definition) is 0. The van der Waals surface area contributed by atoms with Gasteiger partial charge in [-0.2, -0.15) is 0 Å². The topological polar surface area (TPSA) is 96.5 Å². The van der Waals surface area contributed by atoms with Crippen LogP contribution in [0.2, 0.25) is 0 Å².